The summed E-state index contributed by atoms with van der Waals surface area (Å²) in [4.78, 5) is 12.3. The molecule has 0 aliphatic heterocycles. The predicted octanol–water partition coefficient (Wildman–Crippen LogP) is 6.95. The van der Waals surface area contributed by atoms with E-state index in [-0.39, 0.29) is 22.2 Å². The number of rotatable bonds is 5. The maximum absolute atomic E-state index is 12.3. The fourth-order valence-electron chi connectivity index (χ4n) is 3.47. The summed E-state index contributed by atoms with van der Waals surface area (Å²) in [5.74, 6) is 1.96. The topological polar surface area (TPSA) is 35.5 Å². The molecule has 2 rings (SSSR count). The zero-order chi connectivity index (χ0) is 21.5. The van der Waals surface area contributed by atoms with E-state index in [0.29, 0.717) is 6.42 Å². The predicted molar refractivity (Wildman–Crippen MR) is 123 cm³/mol. The maximum atomic E-state index is 12.3. The van der Waals surface area contributed by atoms with Crippen molar-refractivity contribution in [3.63, 3.8) is 0 Å². The number of methoxy groups -OCH3 is 1. The fraction of sp³-hybridized carbons (Fsp3) is 0.609. The number of carbonyl (C=O) groups is 1. The lowest BCUT2D eigenvalue weighted by molar-refractivity contribution is -0.118. The fourth-order valence-corrected chi connectivity index (χ4v) is 5.00. The van der Waals surface area contributed by atoms with E-state index in [1.807, 2.05) is 6.07 Å². The number of ketones is 1. The van der Waals surface area contributed by atoms with Crippen LogP contribution in [0.25, 0.3) is 0 Å². The zero-order valence-electron chi connectivity index (χ0n) is 18.7. The highest BCUT2D eigenvalue weighted by molar-refractivity contribution is 9.10. The average Bonchev–Trinajstić information content (AvgIpc) is 2.55. The van der Waals surface area contributed by atoms with Crippen LogP contribution in [0, 0.1) is 11.3 Å². The minimum Gasteiger partial charge on any atom is -0.543 e. The lowest BCUT2D eigenvalue weighted by atomic mass is 9.64. The molecule has 156 valence electrons. The molecule has 0 radical (unpaired) electrons. The highest BCUT2D eigenvalue weighted by atomic mass is 79.9. The number of halogens is 1. The van der Waals surface area contributed by atoms with Crippen molar-refractivity contribution in [3.05, 3.63) is 34.3 Å². The summed E-state index contributed by atoms with van der Waals surface area (Å²) < 4.78 is 13.1. The summed E-state index contributed by atoms with van der Waals surface area (Å²) in [7, 11) is -0.339. The molecule has 1 saturated carbocycles. The van der Waals surface area contributed by atoms with Gasteiger partial charge >= 0.3 is 0 Å². The molecule has 1 atom stereocenters. The molecule has 1 aromatic rings. The summed E-state index contributed by atoms with van der Waals surface area (Å²) in [6.07, 6.45) is 2.21. The first-order valence-corrected chi connectivity index (χ1v) is 13.7. The normalized spacial score (nSPS) is 20.2. The number of Topliss-reactive ketones (excluding diaryl/α,β-unsaturated/α-hetero) is 1. The second kappa shape index (κ2) is 7.98. The van der Waals surface area contributed by atoms with Crippen molar-refractivity contribution in [1.29, 1.82) is 0 Å². The van der Waals surface area contributed by atoms with Gasteiger partial charge in [0, 0.05) is 6.42 Å². The molecule has 0 heterocycles. The van der Waals surface area contributed by atoms with Crippen LogP contribution in [0.1, 0.15) is 53.0 Å². The lowest BCUT2D eigenvalue weighted by Gasteiger charge is -2.41. The van der Waals surface area contributed by atoms with Crippen molar-refractivity contribution in [2.45, 2.75) is 72.0 Å². The monoisotopic (exact) mass is 466 g/mol. The SMILES string of the molecule is C=C1C(=O)CCC(C)(C)[C@@H]1Cc1cc(OC)c(Br)cc1O[Si](C)(C)C(C)(C)C. The summed E-state index contributed by atoms with van der Waals surface area (Å²) in [6.45, 7) is 19.8. The van der Waals surface area contributed by atoms with E-state index >= 15 is 0 Å². The van der Waals surface area contributed by atoms with Gasteiger partial charge in [0.1, 0.15) is 11.5 Å². The van der Waals surface area contributed by atoms with E-state index in [0.717, 1.165) is 39.9 Å². The van der Waals surface area contributed by atoms with Crippen LogP contribution in [-0.2, 0) is 11.2 Å². The largest absolute Gasteiger partial charge is 0.543 e. The van der Waals surface area contributed by atoms with Crippen LogP contribution in [0.5, 0.6) is 11.5 Å². The molecule has 0 bridgehead atoms. The Kier molecular flexibility index (Phi) is 6.62. The Bertz CT molecular complexity index is 775. The minimum absolute atomic E-state index is 0.0273. The second-order valence-corrected chi connectivity index (χ2v) is 15.7. The van der Waals surface area contributed by atoms with Crippen molar-refractivity contribution >= 4 is 30.0 Å². The number of hydrogen-bond acceptors (Lipinski definition) is 3. The van der Waals surface area contributed by atoms with Crippen molar-refractivity contribution in [2.24, 2.45) is 11.3 Å². The van der Waals surface area contributed by atoms with Gasteiger partial charge in [0.25, 0.3) is 0 Å². The van der Waals surface area contributed by atoms with Crippen LogP contribution in [0.3, 0.4) is 0 Å². The number of ether oxygens (including phenoxy) is 1. The van der Waals surface area contributed by atoms with E-state index in [2.05, 4.69) is 76.3 Å². The van der Waals surface area contributed by atoms with Crippen LogP contribution in [0.2, 0.25) is 18.1 Å². The summed E-state index contributed by atoms with van der Waals surface area (Å²) in [6, 6.07) is 4.07. The molecule has 1 aliphatic rings. The first-order valence-electron chi connectivity index (χ1n) is 9.97. The molecular weight excluding hydrogens is 432 g/mol. The van der Waals surface area contributed by atoms with Crippen LogP contribution in [0.4, 0.5) is 0 Å². The van der Waals surface area contributed by atoms with E-state index < -0.39 is 8.32 Å². The molecule has 1 aromatic carbocycles. The molecule has 28 heavy (non-hydrogen) atoms. The van der Waals surface area contributed by atoms with Crippen LogP contribution >= 0.6 is 15.9 Å². The average molecular weight is 468 g/mol. The van der Waals surface area contributed by atoms with Crippen molar-refractivity contribution in [1.82, 2.24) is 0 Å². The first-order chi connectivity index (χ1) is 12.7. The van der Waals surface area contributed by atoms with Gasteiger partial charge in [0.2, 0.25) is 8.32 Å². The number of benzene rings is 1. The molecule has 0 N–H and O–H groups in total. The molecule has 1 aliphatic carbocycles. The molecule has 0 unspecified atom stereocenters. The van der Waals surface area contributed by atoms with E-state index in [4.69, 9.17) is 9.16 Å². The van der Waals surface area contributed by atoms with Gasteiger partial charge in [0.15, 0.2) is 5.78 Å². The Labute approximate surface area is 180 Å². The molecule has 0 spiro atoms. The van der Waals surface area contributed by atoms with Crippen LogP contribution < -0.4 is 9.16 Å². The van der Waals surface area contributed by atoms with Gasteiger partial charge < -0.3 is 9.16 Å². The van der Waals surface area contributed by atoms with Gasteiger partial charge in [-0.05, 0) is 81.5 Å². The molecule has 0 aromatic heterocycles. The molecule has 5 heteroatoms. The van der Waals surface area contributed by atoms with E-state index in [1.165, 1.54) is 0 Å². The Morgan fingerprint density at radius 3 is 2.39 bits per heavy atom. The van der Waals surface area contributed by atoms with Gasteiger partial charge in [-0.3, -0.25) is 4.79 Å². The lowest BCUT2D eigenvalue weighted by Crippen LogP contribution is -2.44. The number of carbonyl (C=O) groups excluding carboxylic acids is 1. The Balaban J connectivity index is 2.50. The number of hydrogen-bond donors (Lipinski definition) is 0. The summed E-state index contributed by atoms with van der Waals surface area (Å²) in [5.41, 5.74) is 1.86. The molecular formula is C23H35BrO3Si. The molecule has 3 nitrogen and oxygen atoms in total. The quantitative estimate of drug-likeness (QED) is 0.347. The van der Waals surface area contributed by atoms with Crippen LogP contribution in [0.15, 0.2) is 28.8 Å². The third kappa shape index (κ3) is 4.73. The standard InChI is InChI=1S/C23H35BrO3Si/c1-15-17(23(5,6)11-10-19(15)25)12-16-13-21(26-7)18(24)14-20(16)27-28(8,9)22(2,3)4/h13-14,17H,1,10-12H2,2-9H3/t17-/m1/s1. The van der Waals surface area contributed by atoms with Gasteiger partial charge in [-0.15, -0.1) is 0 Å². The van der Waals surface area contributed by atoms with Gasteiger partial charge in [-0.25, -0.2) is 0 Å². The van der Waals surface area contributed by atoms with E-state index in [1.54, 1.807) is 7.11 Å². The minimum atomic E-state index is -2.01. The Hall–Kier alpha value is -1.07. The van der Waals surface area contributed by atoms with Crippen molar-refractivity contribution < 1.29 is 14.0 Å². The molecule has 0 saturated heterocycles. The van der Waals surface area contributed by atoms with Gasteiger partial charge in [-0.1, -0.05) is 41.2 Å². The highest BCUT2D eigenvalue weighted by Crippen LogP contribution is 2.46. The third-order valence-electron chi connectivity index (χ3n) is 6.65. The highest BCUT2D eigenvalue weighted by Gasteiger charge is 2.41. The summed E-state index contributed by atoms with van der Waals surface area (Å²) >= 11 is 3.61. The Morgan fingerprint density at radius 2 is 1.86 bits per heavy atom. The summed E-state index contributed by atoms with van der Waals surface area (Å²) in [5, 5.41) is 0.0976. The van der Waals surface area contributed by atoms with Gasteiger partial charge in [-0.2, -0.15) is 0 Å². The van der Waals surface area contributed by atoms with Crippen molar-refractivity contribution in [2.75, 3.05) is 7.11 Å². The number of allylic oxidation sites excluding steroid dienone is 1. The first kappa shape index (κ1) is 23.2. The maximum Gasteiger partial charge on any atom is 0.250 e. The van der Waals surface area contributed by atoms with Gasteiger partial charge in [0.05, 0.1) is 11.6 Å². The smallest absolute Gasteiger partial charge is 0.250 e. The molecule has 0 amide bonds. The zero-order valence-corrected chi connectivity index (χ0v) is 21.2. The second-order valence-electron chi connectivity index (χ2n) is 10.2. The third-order valence-corrected chi connectivity index (χ3v) is 11.6. The molecule has 1 fully saturated rings. The van der Waals surface area contributed by atoms with E-state index in [9.17, 15) is 4.79 Å². The van der Waals surface area contributed by atoms with Crippen molar-refractivity contribution in [3.8, 4) is 11.5 Å². The Morgan fingerprint density at radius 1 is 1.25 bits per heavy atom. The van der Waals surface area contributed by atoms with Crippen LogP contribution in [-0.4, -0.2) is 21.2 Å².